The van der Waals surface area contributed by atoms with Crippen LogP contribution in [0.3, 0.4) is 0 Å². The number of H-pyrrole nitrogens is 1. The predicted molar refractivity (Wildman–Crippen MR) is 77.4 cm³/mol. The average Bonchev–Trinajstić information content (AvgIpc) is 2.46. The highest BCUT2D eigenvalue weighted by Crippen LogP contribution is 2.34. The number of benzene rings is 1. The van der Waals surface area contributed by atoms with E-state index in [4.69, 9.17) is 0 Å². The molecule has 120 valence electrons. The summed E-state index contributed by atoms with van der Waals surface area (Å²) >= 11 is 0. The zero-order chi connectivity index (χ0) is 16.7. The standard InChI is InChI=1S/C15H12F3N3O2/c1-14(23-15(16,17)18)6-4-9(5-7-14)10-2-3-12-11(8-10)13(22)20-21-19-12/h2-6,8H,7H2,1H3,(H,19,20,22). The second-order valence-corrected chi connectivity index (χ2v) is 5.43. The zero-order valence-corrected chi connectivity index (χ0v) is 12.0. The number of rotatable bonds is 2. The van der Waals surface area contributed by atoms with E-state index in [0.717, 1.165) is 0 Å². The number of aromatic amines is 1. The minimum atomic E-state index is -4.70. The van der Waals surface area contributed by atoms with Gasteiger partial charge in [0, 0.05) is 0 Å². The molecule has 1 aliphatic carbocycles. The summed E-state index contributed by atoms with van der Waals surface area (Å²) in [5.74, 6) is 0. The smallest absolute Gasteiger partial charge is 0.281 e. The van der Waals surface area contributed by atoms with Crippen molar-refractivity contribution in [2.75, 3.05) is 0 Å². The molecule has 1 aromatic heterocycles. The maximum absolute atomic E-state index is 12.4. The van der Waals surface area contributed by atoms with Crippen LogP contribution in [0.1, 0.15) is 18.9 Å². The van der Waals surface area contributed by atoms with Gasteiger partial charge in [0.1, 0.15) is 5.52 Å². The van der Waals surface area contributed by atoms with E-state index < -0.39 is 12.0 Å². The summed E-state index contributed by atoms with van der Waals surface area (Å²) < 4.78 is 41.3. The van der Waals surface area contributed by atoms with E-state index in [1.807, 2.05) is 0 Å². The van der Waals surface area contributed by atoms with Crippen LogP contribution < -0.4 is 5.56 Å². The highest BCUT2D eigenvalue weighted by molar-refractivity contribution is 5.85. The Morgan fingerprint density at radius 2 is 2.13 bits per heavy atom. The molecule has 0 fully saturated rings. The first-order valence-electron chi connectivity index (χ1n) is 6.78. The van der Waals surface area contributed by atoms with Crippen molar-refractivity contribution in [3.05, 3.63) is 52.3 Å². The Morgan fingerprint density at radius 1 is 1.35 bits per heavy atom. The average molecular weight is 323 g/mol. The quantitative estimate of drug-likeness (QED) is 0.922. The number of ether oxygens (including phenoxy) is 1. The van der Waals surface area contributed by atoms with Crippen LogP contribution in [0.25, 0.3) is 16.5 Å². The van der Waals surface area contributed by atoms with Gasteiger partial charge < -0.3 is 0 Å². The summed E-state index contributed by atoms with van der Waals surface area (Å²) in [5, 5.41) is 9.88. The summed E-state index contributed by atoms with van der Waals surface area (Å²) in [6.45, 7) is 1.37. The van der Waals surface area contributed by atoms with Gasteiger partial charge in [0.05, 0.1) is 11.0 Å². The van der Waals surface area contributed by atoms with E-state index in [1.54, 1.807) is 30.4 Å². The normalized spacial score (nSPS) is 21.5. The third-order valence-corrected chi connectivity index (χ3v) is 3.58. The fraction of sp³-hybridized carbons (Fsp3) is 0.267. The molecule has 1 heterocycles. The Labute approximate surface area is 128 Å². The van der Waals surface area contributed by atoms with Crippen molar-refractivity contribution in [3.8, 4) is 0 Å². The molecule has 23 heavy (non-hydrogen) atoms. The molecular formula is C15H12F3N3O2. The number of fused-ring (bicyclic) bond motifs is 1. The number of alkyl halides is 3. The summed E-state index contributed by atoms with van der Waals surface area (Å²) in [4.78, 5) is 11.7. The van der Waals surface area contributed by atoms with Crippen molar-refractivity contribution >= 4 is 16.5 Å². The lowest BCUT2D eigenvalue weighted by Crippen LogP contribution is -2.34. The third-order valence-electron chi connectivity index (χ3n) is 3.58. The molecule has 1 aromatic carbocycles. The van der Waals surface area contributed by atoms with Gasteiger partial charge in [-0.05, 0) is 36.6 Å². The van der Waals surface area contributed by atoms with Crippen LogP contribution in [-0.2, 0) is 4.74 Å². The minimum Gasteiger partial charge on any atom is -0.281 e. The van der Waals surface area contributed by atoms with Crippen LogP contribution in [0.15, 0.2) is 41.2 Å². The van der Waals surface area contributed by atoms with Gasteiger partial charge in [-0.25, -0.2) is 5.10 Å². The minimum absolute atomic E-state index is 0.0708. The first-order chi connectivity index (χ1) is 10.8. The molecule has 5 nitrogen and oxygen atoms in total. The van der Waals surface area contributed by atoms with Gasteiger partial charge in [0.15, 0.2) is 0 Å². The lowest BCUT2D eigenvalue weighted by Gasteiger charge is -2.29. The Kier molecular flexibility index (Phi) is 3.56. The monoisotopic (exact) mass is 323 g/mol. The lowest BCUT2D eigenvalue weighted by atomic mass is 9.90. The molecule has 0 radical (unpaired) electrons. The van der Waals surface area contributed by atoms with Crippen molar-refractivity contribution < 1.29 is 17.9 Å². The van der Waals surface area contributed by atoms with E-state index in [9.17, 15) is 18.0 Å². The largest absolute Gasteiger partial charge is 0.523 e. The van der Waals surface area contributed by atoms with Gasteiger partial charge in [0.2, 0.25) is 0 Å². The topological polar surface area (TPSA) is 67.9 Å². The molecule has 2 aromatic rings. The number of nitrogens with zero attached hydrogens (tertiary/aromatic N) is 2. The van der Waals surface area contributed by atoms with Crippen LogP contribution in [0.5, 0.6) is 0 Å². The third kappa shape index (κ3) is 3.31. The van der Waals surface area contributed by atoms with Crippen molar-refractivity contribution in [1.29, 1.82) is 0 Å². The Bertz CT molecular complexity index is 870. The Morgan fingerprint density at radius 3 is 2.78 bits per heavy atom. The van der Waals surface area contributed by atoms with Crippen LogP contribution >= 0.6 is 0 Å². The van der Waals surface area contributed by atoms with Gasteiger partial charge in [-0.15, -0.1) is 18.3 Å². The van der Waals surface area contributed by atoms with Crippen molar-refractivity contribution in [1.82, 2.24) is 15.4 Å². The molecule has 0 spiro atoms. The molecule has 3 rings (SSSR count). The number of hydrogen-bond acceptors (Lipinski definition) is 4. The molecule has 8 heteroatoms. The molecule has 1 unspecified atom stereocenters. The molecule has 1 N–H and O–H groups in total. The second-order valence-electron chi connectivity index (χ2n) is 5.43. The fourth-order valence-corrected chi connectivity index (χ4v) is 2.44. The van der Waals surface area contributed by atoms with Gasteiger partial charge in [-0.1, -0.05) is 29.5 Å². The van der Waals surface area contributed by atoms with Gasteiger partial charge in [-0.3, -0.25) is 9.53 Å². The van der Waals surface area contributed by atoms with Crippen molar-refractivity contribution in [2.45, 2.75) is 25.3 Å². The molecular weight excluding hydrogens is 311 g/mol. The molecule has 0 amide bonds. The van der Waals surface area contributed by atoms with Gasteiger partial charge in [-0.2, -0.15) is 0 Å². The molecule has 0 aliphatic heterocycles. The van der Waals surface area contributed by atoms with E-state index in [0.29, 0.717) is 22.0 Å². The van der Waals surface area contributed by atoms with Gasteiger partial charge in [0.25, 0.3) is 5.56 Å². The summed E-state index contributed by atoms with van der Waals surface area (Å²) in [7, 11) is 0. The maximum Gasteiger partial charge on any atom is 0.523 e. The number of aromatic nitrogens is 3. The number of allylic oxidation sites excluding steroid dienone is 2. The fourth-order valence-electron chi connectivity index (χ4n) is 2.44. The van der Waals surface area contributed by atoms with Crippen LogP contribution in [0.2, 0.25) is 0 Å². The van der Waals surface area contributed by atoms with Crippen LogP contribution in [0, 0.1) is 0 Å². The lowest BCUT2D eigenvalue weighted by molar-refractivity contribution is -0.355. The molecule has 0 saturated heterocycles. The number of hydrogen-bond donors (Lipinski definition) is 1. The van der Waals surface area contributed by atoms with E-state index in [2.05, 4.69) is 20.1 Å². The first kappa shape index (κ1) is 15.4. The number of nitrogens with one attached hydrogen (secondary N) is 1. The molecule has 0 saturated carbocycles. The zero-order valence-electron chi connectivity index (χ0n) is 12.0. The van der Waals surface area contributed by atoms with E-state index in [-0.39, 0.29) is 12.0 Å². The van der Waals surface area contributed by atoms with Crippen LogP contribution in [-0.4, -0.2) is 27.4 Å². The summed E-state index contributed by atoms with van der Waals surface area (Å²) in [6, 6.07) is 5.01. The summed E-state index contributed by atoms with van der Waals surface area (Å²) in [5.41, 5.74) is 0.0694. The van der Waals surface area contributed by atoms with Crippen molar-refractivity contribution in [3.63, 3.8) is 0 Å². The molecule has 0 bridgehead atoms. The highest BCUT2D eigenvalue weighted by Gasteiger charge is 2.39. The predicted octanol–water partition coefficient (Wildman–Crippen LogP) is 2.96. The van der Waals surface area contributed by atoms with E-state index >= 15 is 0 Å². The highest BCUT2D eigenvalue weighted by atomic mass is 19.4. The summed E-state index contributed by atoms with van der Waals surface area (Å²) in [6.07, 6.45) is -0.0509. The van der Waals surface area contributed by atoms with Crippen molar-refractivity contribution in [2.24, 2.45) is 0 Å². The number of halogens is 3. The first-order valence-corrected chi connectivity index (χ1v) is 6.78. The molecule has 1 atom stereocenters. The Balaban J connectivity index is 1.90. The SMILES string of the molecule is CC1(OC(F)(F)F)C=CC(c2ccc3nn[nH]c(=O)c3c2)=CC1. The van der Waals surface area contributed by atoms with Gasteiger partial charge >= 0.3 is 6.36 Å². The van der Waals surface area contributed by atoms with E-state index in [1.165, 1.54) is 13.0 Å². The Hall–Kier alpha value is -2.48. The van der Waals surface area contributed by atoms with Crippen LogP contribution in [0.4, 0.5) is 13.2 Å². The maximum atomic E-state index is 12.4. The second kappa shape index (κ2) is 5.31. The molecule has 1 aliphatic rings.